The van der Waals surface area contributed by atoms with Gasteiger partial charge in [-0.25, -0.2) is 0 Å². The Morgan fingerprint density at radius 3 is 2.42 bits per heavy atom. The van der Waals surface area contributed by atoms with E-state index in [1.807, 2.05) is 31.2 Å². The summed E-state index contributed by atoms with van der Waals surface area (Å²) >= 11 is 0. The molecule has 0 radical (unpaired) electrons. The number of fused-ring (bicyclic) bond motifs is 1. The van der Waals surface area contributed by atoms with Crippen molar-refractivity contribution >= 4 is 26.5 Å². The van der Waals surface area contributed by atoms with E-state index in [0.717, 1.165) is 17.4 Å². The molecule has 0 bridgehead atoms. The van der Waals surface area contributed by atoms with Crippen LogP contribution in [-0.2, 0) is 16.4 Å². The van der Waals surface area contributed by atoms with Gasteiger partial charge in [-0.3, -0.25) is 0 Å². The van der Waals surface area contributed by atoms with Crippen LogP contribution in [0.5, 0.6) is 5.75 Å². The molecule has 3 rings (SSSR count). The van der Waals surface area contributed by atoms with Gasteiger partial charge >= 0.3 is 0 Å². The van der Waals surface area contributed by atoms with Crippen molar-refractivity contribution in [2.75, 3.05) is 0 Å². The first kappa shape index (κ1) is 17.9. The predicted octanol–water partition coefficient (Wildman–Crippen LogP) is 3.81. The fourth-order valence-electron chi connectivity index (χ4n) is 2.69. The first-order valence-electron chi connectivity index (χ1n) is 8.28. The zero-order valence-electron chi connectivity index (χ0n) is 14.6. The molecule has 0 atom stereocenters. The number of nitrogens with one attached hydrogen (secondary N) is 1. The smallest absolute Gasteiger partial charge is 0.276 e. The van der Waals surface area contributed by atoms with E-state index < -0.39 is 10.0 Å². The number of sulfonamides is 1. The molecule has 0 aliphatic heterocycles. The fourth-order valence-corrected chi connectivity index (χ4v) is 3.55. The van der Waals surface area contributed by atoms with Crippen LogP contribution >= 0.6 is 0 Å². The zero-order chi connectivity index (χ0) is 18.7. The second-order valence-electron chi connectivity index (χ2n) is 5.97. The van der Waals surface area contributed by atoms with Crippen molar-refractivity contribution < 1.29 is 13.5 Å². The van der Waals surface area contributed by atoms with Gasteiger partial charge < -0.3 is 5.11 Å². The molecule has 0 saturated carbocycles. The van der Waals surface area contributed by atoms with Crippen LogP contribution < -0.4 is 4.83 Å². The summed E-state index contributed by atoms with van der Waals surface area (Å²) in [6, 6.07) is 17.7. The molecule has 3 aromatic rings. The standard InChI is InChI=1S/C20H20N2O3S/c1-3-15-8-11-17(12-9-15)26(24,25)22-21-14(2)18-13-10-16-6-4-5-7-19(16)20(18)23/h4-13,22-23H,3H2,1-2H3/b21-14-. The number of nitrogens with zero attached hydrogens (tertiary/aromatic N) is 1. The Bertz CT molecular complexity index is 1070. The van der Waals surface area contributed by atoms with E-state index in [2.05, 4.69) is 9.93 Å². The van der Waals surface area contributed by atoms with Gasteiger partial charge in [0.05, 0.1) is 10.6 Å². The molecule has 0 aromatic heterocycles. The van der Waals surface area contributed by atoms with Gasteiger partial charge in [0, 0.05) is 10.9 Å². The lowest BCUT2D eigenvalue weighted by Gasteiger charge is -2.09. The van der Waals surface area contributed by atoms with E-state index in [0.29, 0.717) is 16.7 Å². The van der Waals surface area contributed by atoms with Crippen molar-refractivity contribution in [2.24, 2.45) is 5.10 Å². The first-order valence-corrected chi connectivity index (χ1v) is 9.77. The predicted molar refractivity (Wildman–Crippen MR) is 104 cm³/mol. The average Bonchev–Trinajstić information content (AvgIpc) is 2.67. The Kier molecular flexibility index (Phi) is 4.95. The second-order valence-corrected chi connectivity index (χ2v) is 7.63. The van der Waals surface area contributed by atoms with Gasteiger partial charge in [-0.15, -0.1) is 0 Å². The summed E-state index contributed by atoms with van der Waals surface area (Å²) in [6.45, 7) is 3.65. The minimum absolute atomic E-state index is 0.0795. The lowest BCUT2D eigenvalue weighted by atomic mass is 10.0. The molecule has 0 unspecified atom stereocenters. The van der Waals surface area contributed by atoms with Crippen LogP contribution in [0.4, 0.5) is 0 Å². The highest BCUT2D eigenvalue weighted by molar-refractivity contribution is 7.89. The molecule has 0 spiro atoms. The highest BCUT2D eigenvalue weighted by Crippen LogP contribution is 2.29. The van der Waals surface area contributed by atoms with E-state index in [-0.39, 0.29) is 10.6 Å². The van der Waals surface area contributed by atoms with Crippen LogP contribution in [0.3, 0.4) is 0 Å². The molecule has 26 heavy (non-hydrogen) atoms. The lowest BCUT2D eigenvalue weighted by Crippen LogP contribution is -2.20. The maximum atomic E-state index is 12.4. The van der Waals surface area contributed by atoms with Crippen molar-refractivity contribution in [3.05, 3.63) is 71.8 Å². The van der Waals surface area contributed by atoms with Crippen LogP contribution in [0.1, 0.15) is 25.0 Å². The summed E-state index contributed by atoms with van der Waals surface area (Å²) in [5, 5.41) is 16.0. The third-order valence-corrected chi connectivity index (χ3v) is 5.49. The van der Waals surface area contributed by atoms with Gasteiger partial charge in [-0.2, -0.15) is 18.4 Å². The minimum Gasteiger partial charge on any atom is -0.507 e. The second kappa shape index (κ2) is 7.17. The third kappa shape index (κ3) is 3.55. The Balaban J connectivity index is 1.89. The van der Waals surface area contributed by atoms with Crippen molar-refractivity contribution in [3.63, 3.8) is 0 Å². The fraction of sp³-hybridized carbons (Fsp3) is 0.150. The maximum absolute atomic E-state index is 12.4. The van der Waals surface area contributed by atoms with Crippen LogP contribution in [0, 0.1) is 0 Å². The Morgan fingerprint density at radius 2 is 1.73 bits per heavy atom. The van der Waals surface area contributed by atoms with Crippen molar-refractivity contribution in [3.8, 4) is 5.75 Å². The molecule has 0 aliphatic carbocycles. The number of aromatic hydroxyl groups is 1. The highest BCUT2D eigenvalue weighted by atomic mass is 32.2. The Labute approximate surface area is 153 Å². The van der Waals surface area contributed by atoms with Crippen LogP contribution in [0.25, 0.3) is 10.8 Å². The van der Waals surface area contributed by atoms with Crippen LogP contribution in [0.15, 0.2) is 70.7 Å². The molecule has 0 heterocycles. The summed E-state index contributed by atoms with van der Waals surface area (Å²) in [5.74, 6) is 0.0795. The summed E-state index contributed by atoms with van der Waals surface area (Å²) in [6.07, 6.45) is 0.840. The Morgan fingerprint density at radius 1 is 1.04 bits per heavy atom. The van der Waals surface area contributed by atoms with Crippen molar-refractivity contribution in [2.45, 2.75) is 25.2 Å². The number of hydrogen-bond acceptors (Lipinski definition) is 4. The number of phenols is 1. The number of rotatable bonds is 5. The van der Waals surface area contributed by atoms with Gasteiger partial charge in [0.15, 0.2) is 0 Å². The van der Waals surface area contributed by atoms with E-state index in [1.165, 1.54) is 0 Å². The lowest BCUT2D eigenvalue weighted by molar-refractivity contribution is 0.480. The largest absolute Gasteiger partial charge is 0.507 e. The molecule has 0 aliphatic rings. The molecule has 0 saturated heterocycles. The minimum atomic E-state index is -3.76. The molecular weight excluding hydrogens is 348 g/mol. The number of aryl methyl sites for hydroxylation is 1. The average molecular weight is 368 g/mol. The van der Waals surface area contributed by atoms with Gasteiger partial charge in [0.2, 0.25) is 0 Å². The monoisotopic (exact) mass is 368 g/mol. The highest BCUT2D eigenvalue weighted by Gasteiger charge is 2.14. The number of hydrazone groups is 1. The van der Waals surface area contributed by atoms with E-state index in [4.69, 9.17) is 0 Å². The topological polar surface area (TPSA) is 78.8 Å². The number of benzene rings is 3. The number of phenolic OH excluding ortho intramolecular Hbond substituents is 1. The van der Waals surface area contributed by atoms with Gasteiger partial charge in [-0.05, 0) is 42.5 Å². The molecule has 0 amide bonds. The van der Waals surface area contributed by atoms with Crippen molar-refractivity contribution in [1.29, 1.82) is 0 Å². The Hall–Kier alpha value is -2.86. The first-order chi connectivity index (χ1) is 12.4. The van der Waals surface area contributed by atoms with Gasteiger partial charge in [0.1, 0.15) is 5.75 Å². The molecule has 6 heteroatoms. The maximum Gasteiger partial charge on any atom is 0.276 e. The summed E-state index contributed by atoms with van der Waals surface area (Å²) in [7, 11) is -3.76. The molecule has 0 fully saturated rings. The van der Waals surface area contributed by atoms with E-state index >= 15 is 0 Å². The van der Waals surface area contributed by atoms with Crippen LogP contribution in [-0.4, -0.2) is 19.2 Å². The molecular formula is C20H20N2O3S. The summed E-state index contributed by atoms with van der Waals surface area (Å²) in [4.78, 5) is 2.38. The summed E-state index contributed by atoms with van der Waals surface area (Å²) in [5.41, 5.74) is 1.92. The van der Waals surface area contributed by atoms with Crippen LogP contribution in [0.2, 0.25) is 0 Å². The zero-order valence-corrected chi connectivity index (χ0v) is 15.4. The molecule has 3 aromatic carbocycles. The van der Waals surface area contributed by atoms with Gasteiger partial charge in [-0.1, -0.05) is 49.4 Å². The van der Waals surface area contributed by atoms with E-state index in [9.17, 15) is 13.5 Å². The SMILES string of the molecule is CCc1ccc(S(=O)(=O)N/N=C(/C)c2ccc3ccccc3c2O)cc1. The van der Waals surface area contributed by atoms with Gasteiger partial charge in [0.25, 0.3) is 10.0 Å². The molecule has 2 N–H and O–H groups in total. The molecule has 134 valence electrons. The quantitative estimate of drug-likeness (QED) is 0.531. The normalized spacial score (nSPS) is 12.3. The number of hydrogen-bond donors (Lipinski definition) is 2. The molecule has 5 nitrogen and oxygen atoms in total. The third-order valence-electron chi connectivity index (χ3n) is 4.27. The summed E-state index contributed by atoms with van der Waals surface area (Å²) < 4.78 is 24.8. The van der Waals surface area contributed by atoms with Crippen molar-refractivity contribution in [1.82, 2.24) is 4.83 Å². The van der Waals surface area contributed by atoms with E-state index in [1.54, 1.807) is 43.3 Å².